The molecular formula is C31H31NO2. The Labute approximate surface area is 202 Å². The summed E-state index contributed by atoms with van der Waals surface area (Å²) in [6.07, 6.45) is 0. The fraction of sp³-hybridized carbons (Fsp3) is 0.194. The smallest absolute Gasteiger partial charge is 0.251 e. The normalized spacial score (nSPS) is 11.9. The van der Waals surface area contributed by atoms with Gasteiger partial charge in [0.25, 0.3) is 5.91 Å². The van der Waals surface area contributed by atoms with Crippen LogP contribution in [0.1, 0.15) is 44.1 Å². The molecule has 4 rings (SSSR count). The monoisotopic (exact) mass is 449 g/mol. The largest absolute Gasteiger partial charge is 0.375 e. The topological polar surface area (TPSA) is 38.3 Å². The summed E-state index contributed by atoms with van der Waals surface area (Å²) in [5, 5.41) is 3.28. The number of ether oxygens (including phenoxy) is 1. The molecule has 0 aromatic heterocycles. The van der Waals surface area contributed by atoms with Gasteiger partial charge in [-0.15, -0.1) is 0 Å². The van der Waals surface area contributed by atoms with Gasteiger partial charge in [0, 0.05) is 11.5 Å². The zero-order chi connectivity index (χ0) is 23.8. The van der Waals surface area contributed by atoms with Crippen LogP contribution in [-0.4, -0.2) is 18.6 Å². The van der Waals surface area contributed by atoms with Crippen molar-refractivity contribution in [2.75, 3.05) is 6.61 Å². The molecule has 172 valence electrons. The molecule has 0 aliphatic heterocycles. The van der Waals surface area contributed by atoms with E-state index >= 15 is 0 Å². The van der Waals surface area contributed by atoms with Crippen LogP contribution in [0.15, 0.2) is 109 Å². The van der Waals surface area contributed by atoms with E-state index in [1.165, 1.54) is 11.1 Å². The van der Waals surface area contributed by atoms with Crippen LogP contribution in [0.4, 0.5) is 0 Å². The molecule has 0 saturated carbocycles. The van der Waals surface area contributed by atoms with Crippen molar-refractivity contribution in [3.63, 3.8) is 0 Å². The molecule has 1 N–H and O–H groups in total. The van der Waals surface area contributed by atoms with E-state index in [4.69, 9.17) is 4.74 Å². The Morgan fingerprint density at radius 2 is 1.24 bits per heavy atom. The third-order valence-electron chi connectivity index (χ3n) is 5.92. The average molecular weight is 450 g/mol. The molecule has 3 nitrogen and oxygen atoms in total. The highest BCUT2D eigenvalue weighted by Crippen LogP contribution is 2.29. The lowest BCUT2D eigenvalue weighted by Gasteiger charge is -2.29. The molecule has 0 radical (unpaired) electrons. The molecule has 0 heterocycles. The van der Waals surface area contributed by atoms with Crippen molar-refractivity contribution in [3.8, 4) is 0 Å². The summed E-state index contributed by atoms with van der Waals surface area (Å²) >= 11 is 0. The van der Waals surface area contributed by atoms with Crippen molar-refractivity contribution < 1.29 is 9.53 Å². The number of amides is 1. The number of aryl methyl sites for hydroxylation is 2. The van der Waals surface area contributed by atoms with Gasteiger partial charge in [-0.3, -0.25) is 4.79 Å². The molecule has 0 bridgehead atoms. The maximum atomic E-state index is 13.2. The van der Waals surface area contributed by atoms with Crippen LogP contribution >= 0.6 is 0 Å². The van der Waals surface area contributed by atoms with Gasteiger partial charge in [-0.05, 0) is 42.7 Å². The predicted molar refractivity (Wildman–Crippen MR) is 138 cm³/mol. The van der Waals surface area contributed by atoms with Crippen molar-refractivity contribution in [2.24, 2.45) is 0 Å². The molecular weight excluding hydrogens is 418 g/mol. The molecule has 3 heteroatoms. The van der Waals surface area contributed by atoms with E-state index in [0.717, 1.165) is 16.7 Å². The molecule has 0 aliphatic carbocycles. The van der Waals surface area contributed by atoms with Crippen LogP contribution in [0.2, 0.25) is 0 Å². The number of carbonyl (C=O) groups is 1. The van der Waals surface area contributed by atoms with Crippen molar-refractivity contribution >= 4 is 5.91 Å². The predicted octanol–water partition coefficient (Wildman–Crippen LogP) is 6.45. The van der Waals surface area contributed by atoms with Crippen LogP contribution < -0.4 is 5.32 Å². The molecule has 4 aromatic rings. The second-order valence-electron chi connectivity index (χ2n) is 8.76. The molecule has 4 aromatic carbocycles. The Bertz CT molecular complexity index is 1130. The van der Waals surface area contributed by atoms with Gasteiger partial charge in [0.2, 0.25) is 0 Å². The van der Waals surface area contributed by atoms with Crippen molar-refractivity contribution in [1.82, 2.24) is 5.32 Å². The number of rotatable bonds is 9. The molecule has 0 fully saturated rings. The van der Waals surface area contributed by atoms with Gasteiger partial charge in [0.1, 0.15) is 0 Å². The second-order valence-corrected chi connectivity index (χ2v) is 8.76. The van der Waals surface area contributed by atoms with E-state index in [0.29, 0.717) is 18.8 Å². The van der Waals surface area contributed by atoms with Crippen LogP contribution in [-0.2, 0) is 11.3 Å². The summed E-state index contributed by atoms with van der Waals surface area (Å²) < 4.78 is 6.24. The second kappa shape index (κ2) is 11.4. The van der Waals surface area contributed by atoms with Gasteiger partial charge >= 0.3 is 0 Å². The lowest BCUT2D eigenvalue weighted by atomic mass is 9.85. The van der Waals surface area contributed by atoms with E-state index in [1.54, 1.807) is 0 Å². The maximum Gasteiger partial charge on any atom is 0.251 e. The molecule has 34 heavy (non-hydrogen) atoms. The lowest BCUT2D eigenvalue weighted by Crippen LogP contribution is -2.43. The SMILES string of the molecule is Cc1cc(C)cc(COCC(NC(=O)c2ccccc2)C(c2ccccc2)c2ccccc2)c1. The van der Waals surface area contributed by atoms with Gasteiger partial charge in [0.15, 0.2) is 0 Å². The quantitative estimate of drug-likeness (QED) is 0.319. The summed E-state index contributed by atoms with van der Waals surface area (Å²) in [5.74, 6) is -0.147. The molecule has 1 unspecified atom stereocenters. The van der Waals surface area contributed by atoms with Crippen molar-refractivity contribution in [2.45, 2.75) is 32.4 Å². The van der Waals surface area contributed by atoms with Gasteiger partial charge in [0.05, 0.1) is 19.3 Å². The Morgan fingerprint density at radius 3 is 1.76 bits per heavy atom. The fourth-order valence-corrected chi connectivity index (χ4v) is 4.50. The van der Waals surface area contributed by atoms with Crippen LogP contribution in [0.3, 0.4) is 0 Å². The standard InChI is InChI=1S/C31H31NO2/c1-23-18-24(2)20-25(19-23)21-34-22-29(32-31(33)28-16-10-5-11-17-28)30(26-12-6-3-7-13-26)27-14-8-4-9-15-27/h3-20,29-30H,21-22H2,1-2H3,(H,32,33). The fourth-order valence-electron chi connectivity index (χ4n) is 4.50. The Morgan fingerprint density at radius 1 is 0.735 bits per heavy atom. The summed E-state index contributed by atoms with van der Waals surface area (Å²) in [5.41, 5.74) is 6.50. The lowest BCUT2D eigenvalue weighted by molar-refractivity contribution is 0.0774. The van der Waals surface area contributed by atoms with E-state index < -0.39 is 0 Å². The third-order valence-corrected chi connectivity index (χ3v) is 5.92. The Kier molecular flexibility index (Phi) is 7.90. The Balaban J connectivity index is 1.62. The zero-order valence-electron chi connectivity index (χ0n) is 19.8. The molecule has 0 spiro atoms. The number of benzene rings is 4. The molecule has 0 aliphatic rings. The summed E-state index contributed by atoms with van der Waals surface area (Å²) in [7, 11) is 0. The Hall–Kier alpha value is -3.69. The zero-order valence-corrected chi connectivity index (χ0v) is 19.8. The number of nitrogens with one attached hydrogen (secondary N) is 1. The number of carbonyl (C=O) groups excluding carboxylic acids is 1. The molecule has 0 saturated heterocycles. The molecule has 1 amide bonds. The summed E-state index contributed by atoms with van der Waals surface area (Å²) in [4.78, 5) is 13.2. The average Bonchev–Trinajstić information content (AvgIpc) is 2.85. The number of hydrogen-bond acceptors (Lipinski definition) is 2. The first-order valence-electron chi connectivity index (χ1n) is 11.7. The highest BCUT2D eigenvalue weighted by Gasteiger charge is 2.27. The summed E-state index contributed by atoms with van der Waals surface area (Å²) in [6, 6.07) is 36.2. The molecule has 1 atom stereocenters. The van der Waals surface area contributed by atoms with Crippen LogP contribution in [0, 0.1) is 13.8 Å². The van der Waals surface area contributed by atoms with Crippen molar-refractivity contribution in [3.05, 3.63) is 143 Å². The minimum absolute atomic E-state index is 0.0469. The highest BCUT2D eigenvalue weighted by atomic mass is 16.5. The van der Waals surface area contributed by atoms with E-state index in [2.05, 4.69) is 61.6 Å². The van der Waals surface area contributed by atoms with Gasteiger partial charge in [-0.25, -0.2) is 0 Å². The van der Waals surface area contributed by atoms with Gasteiger partial charge in [-0.2, -0.15) is 0 Å². The minimum atomic E-state index is -0.247. The third kappa shape index (κ3) is 6.21. The first kappa shape index (κ1) is 23.5. The first-order chi connectivity index (χ1) is 16.6. The first-order valence-corrected chi connectivity index (χ1v) is 11.7. The van der Waals surface area contributed by atoms with E-state index in [-0.39, 0.29) is 17.9 Å². The van der Waals surface area contributed by atoms with E-state index in [9.17, 15) is 4.79 Å². The van der Waals surface area contributed by atoms with Gasteiger partial charge in [-0.1, -0.05) is 108 Å². The van der Waals surface area contributed by atoms with Gasteiger partial charge < -0.3 is 10.1 Å². The highest BCUT2D eigenvalue weighted by molar-refractivity contribution is 5.94. The maximum absolute atomic E-state index is 13.2. The van der Waals surface area contributed by atoms with E-state index in [1.807, 2.05) is 66.7 Å². The minimum Gasteiger partial charge on any atom is -0.375 e. The number of hydrogen-bond donors (Lipinski definition) is 1. The van der Waals surface area contributed by atoms with Crippen molar-refractivity contribution in [1.29, 1.82) is 0 Å². The summed E-state index contributed by atoms with van der Waals surface area (Å²) in [6.45, 7) is 5.08. The van der Waals surface area contributed by atoms with Crippen LogP contribution in [0.25, 0.3) is 0 Å². The van der Waals surface area contributed by atoms with Crippen LogP contribution in [0.5, 0.6) is 0 Å².